The van der Waals surface area contributed by atoms with E-state index in [0.29, 0.717) is 5.69 Å². The molecule has 112 valence electrons. The van der Waals surface area contributed by atoms with Gasteiger partial charge in [0.1, 0.15) is 0 Å². The van der Waals surface area contributed by atoms with Crippen LogP contribution in [0.15, 0.2) is 42.6 Å². The van der Waals surface area contributed by atoms with E-state index >= 15 is 0 Å². The van der Waals surface area contributed by atoms with Gasteiger partial charge in [-0.3, -0.25) is 14.5 Å². The van der Waals surface area contributed by atoms with Crippen LogP contribution < -0.4 is 5.32 Å². The minimum absolute atomic E-state index is 0.0452. The van der Waals surface area contributed by atoms with E-state index in [1.807, 2.05) is 35.7 Å². The third-order valence-corrected chi connectivity index (χ3v) is 3.58. The number of nitrogens with one attached hydrogen (secondary N) is 1. The number of pyridine rings is 1. The van der Waals surface area contributed by atoms with Crippen molar-refractivity contribution < 1.29 is 4.92 Å². The summed E-state index contributed by atoms with van der Waals surface area (Å²) in [6, 6.07) is 9.78. The monoisotopic (exact) mass is 317 g/mol. The van der Waals surface area contributed by atoms with Gasteiger partial charge in [-0.05, 0) is 25.1 Å². The molecule has 0 radical (unpaired) electrons. The normalized spacial score (nSPS) is 12.3. The lowest BCUT2D eigenvalue weighted by atomic mass is 10.2. The molecule has 0 spiro atoms. The van der Waals surface area contributed by atoms with Crippen molar-refractivity contribution in [1.29, 1.82) is 0 Å². The molecular formula is C14H12ClN5O2. The van der Waals surface area contributed by atoms with E-state index in [2.05, 4.69) is 15.5 Å². The molecule has 0 saturated heterocycles. The van der Waals surface area contributed by atoms with Crippen LogP contribution in [0.25, 0.3) is 5.65 Å². The second-order valence-electron chi connectivity index (χ2n) is 4.77. The fourth-order valence-corrected chi connectivity index (χ4v) is 2.42. The van der Waals surface area contributed by atoms with Crippen LogP contribution in [-0.2, 0) is 0 Å². The molecule has 0 unspecified atom stereocenters. The average Bonchev–Trinajstić information content (AvgIpc) is 2.93. The lowest BCUT2D eigenvalue weighted by Crippen LogP contribution is -2.11. The Morgan fingerprint density at radius 1 is 1.32 bits per heavy atom. The molecule has 1 aromatic carbocycles. The van der Waals surface area contributed by atoms with E-state index in [1.54, 1.807) is 6.07 Å². The highest BCUT2D eigenvalue weighted by Crippen LogP contribution is 2.29. The van der Waals surface area contributed by atoms with E-state index in [-0.39, 0.29) is 16.8 Å². The van der Waals surface area contributed by atoms with Gasteiger partial charge in [0.25, 0.3) is 5.69 Å². The van der Waals surface area contributed by atoms with E-state index in [9.17, 15) is 10.1 Å². The lowest BCUT2D eigenvalue weighted by Gasteiger charge is -2.14. The van der Waals surface area contributed by atoms with Crippen molar-refractivity contribution in [3.05, 3.63) is 63.6 Å². The molecule has 0 saturated carbocycles. The molecule has 0 aliphatic rings. The summed E-state index contributed by atoms with van der Waals surface area (Å²) in [5.41, 5.74) is 1.31. The average molecular weight is 318 g/mol. The van der Waals surface area contributed by atoms with E-state index in [4.69, 9.17) is 11.6 Å². The molecule has 3 rings (SSSR count). The Morgan fingerprint density at radius 3 is 2.86 bits per heavy atom. The number of hydrogen-bond acceptors (Lipinski definition) is 5. The van der Waals surface area contributed by atoms with E-state index in [0.717, 1.165) is 11.5 Å². The van der Waals surface area contributed by atoms with Gasteiger partial charge < -0.3 is 5.32 Å². The number of anilines is 1. The first-order valence-corrected chi connectivity index (χ1v) is 6.94. The maximum Gasteiger partial charge on any atom is 0.271 e. The van der Waals surface area contributed by atoms with Crippen LogP contribution in [-0.4, -0.2) is 19.5 Å². The number of fused-ring (bicyclic) bond motifs is 1. The number of nitro benzene ring substituents is 1. The van der Waals surface area contributed by atoms with Gasteiger partial charge in [-0.1, -0.05) is 17.7 Å². The number of nitrogens with zero attached hydrogens (tertiary/aromatic N) is 4. The number of nitro groups is 1. The Hall–Kier alpha value is -2.67. The number of rotatable bonds is 4. The Labute approximate surface area is 130 Å². The lowest BCUT2D eigenvalue weighted by molar-refractivity contribution is -0.384. The minimum Gasteiger partial charge on any atom is -0.374 e. The van der Waals surface area contributed by atoms with Crippen molar-refractivity contribution in [2.45, 2.75) is 13.0 Å². The summed E-state index contributed by atoms with van der Waals surface area (Å²) in [5.74, 6) is 0.727. The van der Waals surface area contributed by atoms with Crippen molar-refractivity contribution in [3.8, 4) is 0 Å². The molecule has 2 heterocycles. The van der Waals surface area contributed by atoms with Crippen LogP contribution in [0.3, 0.4) is 0 Å². The molecule has 3 aromatic rings. The Morgan fingerprint density at radius 2 is 2.14 bits per heavy atom. The SMILES string of the molecule is C[C@H](Nc1ccc([N+](=O)[O-])cc1Cl)c1nnc2ccccn12. The third-order valence-electron chi connectivity index (χ3n) is 3.26. The molecule has 0 aliphatic heterocycles. The van der Waals surface area contributed by atoms with Crippen molar-refractivity contribution in [1.82, 2.24) is 14.6 Å². The van der Waals surface area contributed by atoms with Crippen LogP contribution in [0.1, 0.15) is 18.8 Å². The Kier molecular flexibility index (Phi) is 3.64. The van der Waals surface area contributed by atoms with Gasteiger partial charge in [0, 0.05) is 18.3 Å². The minimum atomic E-state index is -0.481. The molecule has 1 N–H and O–H groups in total. The van der Waals surface area contributed by atoms with Crippen LogP contribution in [0, 0.1) is 10.1 Å². The van der Waals surface area contributed by atoms with Gasteiger partial charge in [0.2, 0.25) is 0 Å². The fourth-order valence-electron chi connectivity index (χ4n) is 2.19. The molecule has 0 aliphatic carbocycles. The summed E-state index contributed by atoms with van der Waals surface area (Å²) in [6.45, 7) is 1.92. The maximum absolute atomic E-state index is 10.7. The van der Waals surface area contributed by atoms with E-state index < -0.39 is 4.92 Å². The predicted molar refractivity (Wildman–Crippen MR) is 83.1 cm³/mol. The molecular weight excluding hydrogens is 306 g/mol. The van der Waals surface area contributed by atoms with Gasteiger partial charge in [-0.25, -0.2) is 0 Å². The predicted octanol–water partition coefficient (Wildman–Crippen LogP) is 3.46. The first kappa shape index (κ1) is 14.3. The van der Waals surface area contributed by atoms with Gasteiger partial charge in [0.05, 0.1) is 21.7 Å². The number of aromatic nitrogens is 3. The molecule has 0 amide bonds. The summed E-state index contributed by atoms with van der Waals surface area (Å²) >= 11 is 6.09. The van der Waals surface area contributed by atoms with Crippen molar-refractivity contribution >= 4 is 28.6 Å². The van der Waals surface area contributed by atoms with Gasteiger partial charge in [-0.2, -0.15) is 0 Å². The highest BCUT2D eigenvalue weighted by atomic mass is 35.5. The van der Waals surface area contributed by atoms with Crippen LogP contribution in [0.5, 0.6) is 0 Å². The summed E-state index contributed by atoms with van der Waals surface area (Å²) in [6.07, 6.45) is 1.88. The van der Waals surface area contributed by atoms with Crippen LogP contribution in [0.4, 0.5) is 11.4 Å². The summed E-state index contributed by atoms with van der Waals surface area (Å²) in [4.78, 5) is 10.2. The molecule has 2 aromatic heterocycles. The molecule has 8 heteroatoms. The summed E-state index contributed by atoms with van der Waals surface area (Å²) in [7, 11) is 0. The molecule has 22 heavy (non-hydrogen) atoms. The van der Waals surface area contributed by atoms with Crippen LogP contribution in [0.2, 0.25) is 5.02 Å². The van der Waals surface area contributed by atoms with E-state index in [1.165, 1.54) is 12.1 Å². The first-order valence-electron chi connectivity index (χ1n) is 6.56. The maximum atomic E-state index is 10.7. The zero-order valence-electron chi connectivity index (χ0n) is 11.6. The Bertz CT molecular complexity index is 848. The first-order chi connectivity index (χ1) is 10.6. The molecule has 1 atom stereocenters. The van der Waals surface area contributed by atoms with Crippen molar-refractivity contribution in [2.75, 3.05) is 5.32 Å². The zero-order chi connectivity index (χ0) is 15.7. The second-order valence-corrected chi connectivity index (χ2v) is 5.18. The highest BCUT2D eigenvalue weighted by Gasteiger charge is 2.16. The summed E-state index contributed by atoms with van der Waals surface area (Å²) < 4.78 is 1.87. The van der Waals surface area contributed by atoms with Gasteiger partial charge >= 0.3 is 0 Å². The number of non-ortho nitro benzene ring substituents is 1. The standard InChI is InChI=1S/C14H12ClN5O2/c1-9(14-18-17-13-4-2-3-7-19(13)14)16-12-6-5-10(20(21)22)8-11(12)15/h2-9,16H,1H3/t9-/m0/s1. The molecule has 7 nitrogen and oxygen atoms in total. The van der Waals surface area contributed by atoms with Crippen LogP contribution >= 0.6 is 11.6 Å². The van der Waals surface area contributed by atoms with Crippen molar-refractivity contribution in [3.63, 3.8) is 0 Å². The second kappa shape index (κ2) is 5.61. The fraction of sp³-hybridized carbons (Fsp3) is 0.143. The Balaban J connectivity index is 1.88. The largest absolute Gasteiger partial charge is 0.374 e. The number of hydrogen-bond donors (Lipinski definition) is 1. The quantitative estimate of drug-likeness (QED) is 0.588. The highest BCUT2D eigenvalue weighted by molar-refractivity contribution is 6.33. The zero-order valence-corrected chi connectivity index (χ0v) is 12.4. The smallest absolute Gasteiger partial charge is 0.271 e. The third kappa shape index (κ3) is 2.58. The van der Waals surface area contributed by atoms with Gasteiger partial charge in [-0.15, -0.1) is 10.2 Å². The molecule has 0 bridgehead atoms. The van der Waals surface area contributed by atoms with Crippen molar-refractivity contribution in [2.24, 2.45) is 0 Å². The van der Waals surface area contributed by atoms with Gasteiger partial charge in [0.15, 0.2) is 11.5 Å². The topological polar surface area (TPSA) is 85.4 Å². The molecule has 0 fully saturated rings. The summed E-state index contributed by atoms with van der Waals surface area (Å²) in [5, 5.41) is 22.5. The number of halogens is 1. The number of benzene rings is 1.